The van der Waals surface area contributed by atoms with Gasteiger partial charge in [-0.05, 0) is 45.7 Å². The predicted octanol–water partition coefficient (Wildman–Crippen LogP) is 1.72. The van der Waals surface area contributed by atoms with E-state index < -0.39 is 0 Å². The van der Waals surface area contributed by atoms with Crippen molar-refractivity contribution in [2.24, 2.45) is 5.92 Å². The van der Waals surface area contributed by atoms with E-state index in [1.807, 2.05) is 0 Å². The maximum Gasteiger partial charge on any atom is 0.0107 e. The van der Waals surface area contributed by atoms with Crippen LogP contribution in [0.2, 0.25) is 0 Å². The van der Waals surface area contributed by atoms with Crippen LogP contribution in [0, 0.1) is 5.92 Å². The van der Waals surface area contributed by atoms with E-state index in [9.17, 15) is 0 Å². The van der Waals surface area contributed by atoms with Crippen molar-refractivity contribution in [3.05, 3.63) is 0 Å². The topological polar surface area (TPSA) is 15.3 Å². The van der Waals surface area contributed by atoms with Crippen molar-refractivity contribution in [1.29, 1.82) is 0 Å². The number of hydrogen-bond donors (Lipinski definition) is 1. The molecule has 78 valence electrons. The molecule has 0 aromatic heterocycles. The fourth-order valence-corrected chi connectivity index (χ4v) is 1.42. The Kier molecular flexibility index (Phi) is 4.74. The number of nitrogens with one attached hydrogen (secondary N) is 1. The van der Waals surface area contributed by atoms with Crippen LogP contribution in [0.1, 0.15) is 33.1 Å². The lowest BCUT2D eigenvalue weighted by atomic mass is 10.2. The average Bonchev–Trinajstić information content (AvgIpc) is 2.94. The van der Waals surface area contributed by atoms with Crippen LogP contribution in [0.15, 0.2) is 0 Å². The first-order valence-electron chi connectivity index (χ1n) is 5.65. The van der Waals surface area contributed by atoms with Crippen LogP contribution < -0.4 is 5.32 Å². The lowest BCUT2D eigenvalue weighted by molar-refractivity contribution is 0.251. The summed E-state index contributed by atoms with van der Waals surface area (Å²) in [5.74, 6) is 1.01. The molecule has 2 heteroatoms. The molecule has 1 rings (SSSR count). The van der Waals surface area contributed by atoms with E-state index in [1.165, 1.54) is 32.4 Å². The second kappa shape index (κ2) is 5.61. The van der Waals surface area contributed by atoms with Gasteiger partial charge in [-0.2, -0.15) is 0 Å². The van der Waals surface area contributed by atoms with E-state index in [4.69, 9.17) is 0 Å². The highest BCUT2D eigenvalue weighted by Gasteiger charge is 2.20. The highest BCUT2D eigenvalue weighted by Crippen LogP contribution is 2.27. The Hall–Kier alpha value is -0.0800. The molecule has 0 spiro atoms. The Morgan fingerprint density at radius 1 is 1.46 bits per heavy atom. The van der Waals surface area contributed by atoms with Gasteiger partial charge in [0.25, 0.3) is 0 Å². The van der Waals surface area contributed by atoms with E-state index >= 15 is 0 Å². The third-order valence-corrected chi connectivity index (χ3v) is 3.11. The van der Waals surface area contributed by atoms with E-state index in [-0.39, 0.29) is 0 Å². The van der Waals surface area contributed by atoms with Crippen molar-refractivity contribution < 1.29 is 0 Å². The van der Waals surface area contributed by atoms with Gasteiger partial charge in [-0.15, -0.1) is 0 Å². The Balaban J connectivity index is 1.90. The van der Waals surface area contributed by atoms with E-state index in [1.54, 1.807) is 0 Å². The standard InChI is InChI=1S/C11H24N2/c1-4-10(2)13(3)8-7-12-9-11-5-6-11/h10-12H,4-9H2,1-3H3. The van der Waals surface area contributed by atoms with Gasteiger partial charge in [0.15, 0.2) is 0 Å². The molecule has 0 heterocycles. The van der Waals surface area contributed by atoms with Crippen LogP contribution in [0.4, 0.5) is 0 Å². The molecule has 0 amide bonds. The minimum Gasteiger partial charge on any atom is -0.315 e. The molecule has 1 unspecified atom stereocenters. The molecule has 0 bridgehead atoms. The summed E-state index contributed by atoms with van der Waals surface area (Å²) in [7, 11) is 2.22. The van der Waals surface area contributed by atoms with Crippen LogP contribution in [-0.2, 0) is 0 Å². The molecule has 0 radical (unpaired) electrons. The third-order valence-electron chi connectivity index (χ3n) is 3.11. The summed E-state index contributed by atoms with van der Waals surface area (Å²) in [6.45, 7) is 8.12. The van der Waals surface area contributed by atoms with Gasteiger partial charge in [-0.25, -0.2) is 0 Å². The summed E-state index contributed by atoms with van der Waals surface area (Å²) in [6.07, 6.45) is 4.15. The highest BCUT2D eigenvalue weighted by molar-refractivity contribution is 4.75. The van der Waals surface area contributed by atoms with Crippen molar-refractivity contribution >= 4 is 0 Å². The van der Waals surface area contributed by atoms with Crippen LogP contribution in [0.5, 0.6) is 0 Å². The molecule has 1 N–H and O–H groups in total. The molecule has 1 aliphatic rings. The molecule has 0 aliphatic heterocycles. The average molecular weight is 184 g/mol. The number of rotatable bonds is 7. The smallest absolute Gasteiger partial charge is 0.0107 e. The first kappa shape index (κ1) is 11.0. The molecular formula is C11H24N2. The van der Waals surface area contributed by atoms with Crippen molar-refractivity contribution in [3.63, 3.8) is 0 Å². The van der Waals surface area contributed by atoms with Crippen LogP contribution in [0.25, 0.3) is 0 Å². The summed E-state index contributed by atoms with van der Waals surface area (Å²) >= 11 is 0. The zero-order chi connectivity index (χ0) is 9.68. The van der Waals surface area contributed by atoms with Crippen molar-refractivity contribution in [2.75, 3.05) is 26.7 Å². The fourth-order valence-electron chi connectivity index (χ4n) is 1.42. The summed E-state index contributed by atoms with van der Waals surface area (Å²) in [4.78, 5) is 2.43. The van der Waals surface area contributed by atoms with Crippen molar-refractivity contribution in [2.45, 2.75) is 39.2 Å². The Labute approximate surface area is 82.7 Å². The maximum absolute atomic E-state index is 3.52. The van der Waals surface area contributed by atoms with E-state index in [0.717, 1.165) is 18.5 Å². The first-order chi connectivity index (χ1) is 6.24. The van der Waals surface area contributed by atoms with Gasteiger partial charge >= 0.3 is 0 Å². The molecule has 0 aromatic rings. The van der Waals surface area contributed by atoms with Gasteiger partial charge in [-0.1, -0.05) is 6.92 Å². The van der Waals surface area contributed by atoms with Crippen LogP contribution in [-0.4, -0.2) is 37.6 Å². The number of hydrogen-bond acceptors (Lipinski definition) is 2. The highest BCUT2D eigenvalue weighted by atomic mass is 15.1. The number of nitrogens with zero attached hydrogens (tertiary/aromatic N) is 1. The molecule has 2 nitrogen and oxygen atoms in total. The molecule has 13 heavy (non-hydrogen) atoms. The SMILES string of the molecule is CCC(C)N(C)CCNCC1CC1. The van der Waals surface area contributed by atoms with Crippen LogP contribution in [0.3, 0.4) is 0 Å². The zero-order valence-electron chi connectivity index (χ0n) is 9.34. The van der Waals surface area contributed by atoms with Crippen molar-refractivity contribution in [3.8, 4) is 0 Å². The van der Waals surface area contributed by atoms with Gasteiger partial charge in [0.2, 0.25) is 0 Å². The Morgan fingerprint density at radius 3 is 2.69 bits per heavy atom. The maximum atomic E-state index is 3.52. The summed E-state index contributed by atoms with van der Waals surface area (Å²) < 4.78 is 0. The molecule has 1 atom stereocenters. The molecular weight excluding hydrogens is 160 g/mol. The minimum atomic E-state index is 0.725. The van der Waals surface area contributed by atoms with Gasteiger partial charge in [-0.3, -0.25) is 0 Å². The Bertz CT molecular complexity index is 132. The predicted molar refractivity (Wildman–Crippen MR) is 58.0 cm³/mol. The monoisotopic (exact) mass is 184 g/mol. The minimum absolute atomic E-state index is 0.725. The normalized spacial score (nSPS) is 19.4. The van der Waals surface area contributed by atoms with Crippen molar-refractivity contribution in [1.82, 2.24) is 10.2 Å². The van der Waals surface area contributed by atoms with Gasteiger partial charge < -0.3 is 10.2 Å². The summed E-state index contributed by atoms with van der Waals surface area (Å²) in [6, 6.07) is 0.725. The zero-order valence-corrected chi connectivity index (χ0v) is 9.34. The van der Waals surface area contributed by atoms with Gasteiger partial charge in [0.05, 0.1) is 0 Å². The summed E-state index contributed by atoms with van der Waals surface area (Å²) in [5, 5.41) is 3.52. The van der Waals surface area contributed by atoms with E-state index in [0.29, 0.717) is 0 Å². The fraction of sp³-hybridized carbons (Fsp3) is 1.00. The number of likely N-dealkylation sites (N-methyl/N-ethyl adjacent to an activating group) is 1. The van der Waals surface area contributed by atoms with E-state index in [2.05, 4.69) is 31.1 Å². The quantitative estimate of drug-likeness (QED) is 0.606. The summed E-state index contributed by atoms with van der Waals surface area (Å²) in [5.41, 5.74) is 0. The molecule has 0 saturated heterocycles. The lowest BCUT2D eigenvalue weighted by Crippen LogP contribution is -2.35. The molecule has 1 aliphatic carbocycles. The van der Waals surface area contributed by atoms with Gasteiger partial charge in [0, 0.05) is 19.1 Å². The molecule has 1 saturated carbocycles. The third kappa shape index (κ3) is 4.63. The van der Waals surface area contributed by atoms with Crippen LogP contribution >= 0.6 is 0 Å². The molecule has 1 fully saturated rings. The second-order valence-corrected chi connectivity index (χ2v) is 4.39. The molecule has 0 aromatic carbocycles. The second-order valence-electron chi connectivity index (χ2n) is 4.39. The Morgan fingerprint density at radius 2 is 2.15 bits per heavy atom. The van der Waals surface area contributed by atoms with Gasteiger partial charge in [0.1, 0.15) is 0 Å². The lowest BCUT2D eigenvalue weighted by Gasteiger charge is -2.23. The largest absolute Gasteiger partial charge is 0.315 e. The first-order valence-corrected chi connectivity index (χ1v) is 5.65.